The van der Waals surface area contributed by atoms with Crippen LogP contribution in [0, 0.1) is 5.92 Å². The van der Waals surface area contributed by atoms with Crippen LogP contribution < -0.4 is 14.8 Å². The molecule has 1 fully saturated rings. The van der Waals surface area contributed by atoms with E-state index in [4.69, 9.17) is 9.47 Å². The fourth-order valence-electron chi connectivity index (χ4n) is 3.23. The van der Waals surface area contributed by atoms with Gasteiger partial charge in [-0.2, -0.15) is 0 Å². The normalized spacial score (nSPS) is 19.7. The maximum Gasteiger partial charge on any atom is 0.231 e. The van der Waals surface area contributed by atoms with Crippen molar-refractivity contribution in [2.45, 2.75) is 26.3 Å². The fraction of sp³-hybridized carbons (Fsp3) is 0.625. The smallest absolute Gasteiger partial charge is 0.231 e. The van der Waals surface area contributed by atoms with E-state index in [1.54, 1.807) is 0 Å². The summed E-state index contributed by atoms with van der Waals surface area (Å²) in [5, 5.41) is 3.43. The second kappa shape index (κ2) is 8.82. The third-order valence-electron chi connectivity index (χ3n) is 4.47. The predicted molar refractivity (Wildman–Crippen MR) is 93.7 cm³/mol. The number of piperazine rings is 1. The standard InChI is InChI=1S/C16H24N2O2.2ClH/c1-3-12(2)15(18-9-7-17-8-10-18)13-5-4-6-14-16(13)20-11-19-14;;/h4-6,12,15,17H,3,7-11H2,1-2H3;2*1H/t12?,15-;;/m1../s1. The van der Waals surface area contributed by atoms with Crippen LogP contribution in [0.2, 0.25) is 0 Å². The Morgan fingerprint density at radius 1 is 1.18 bits per heavy atom. The predicted octanol–water partition coefficient (Wildman–Crippen LogP) is 3.25. The van der Waals surface area contributed by atoms with E-state index in [-0.39, 0.29) is 24.8 Å². The number of halogens is 2. The average molecular weight is 349 g/mol. The Morgan fingerprint density at radius 2 is 1.91 bits per heavy atom. The van der Waals surface area contributed by atoms with Gasteiger partial charge in [-0.3, -0.25) is 4.90 Å². The third-order valence-corrected chi connectivity index (χ3v) is 4.47. The number of ether oxygens (including phenoxy) is 2. The summed E-state index contributed by atoms with van der Waals surface area (Å²) >= 11 is 0. The van der Waals surface area contributed by atoms with Crippen LogP contribution in [0.5, 0.6) is 11.5 Å². The Bertz CT molecular complexity index is 467. The number of fused-ring (bicyclic) bond motifs is 1. The van der Waals surface area contributed by atoms with Gasteiger partial charge >= 0.3 is 0 Å². The number of hydrogen-bond acceptors (Lipinski definition) is 4. The minimum Gasteiger partial charge on any atom is -0.454 e. The lowest BCUT2D eigenvalue weighted by Gasteiger charge is -2.38. The first-order chi connectivity index (χ1) is 9.81. The van der Waals surface area contributed by atoms with Gasteiger partial charge < -0.3 is 14.8 Å². The van der Waals surface area contributed by atoms with E-state index < -0.39 is 0 Å². The third kappa shape index (κ3) is 3.80. The van der Waals surface area contributed by atoms with Crippen LogP contribution in [-0.2, 0) is 0 Å². The van der Waals surface area contributed by atoms with Crippen molar-refractivity contribution in [2.75, 3.05) is 33.0 Å². The quantitative estimate of drug-likeness (QED) is 0.905. The van der Waals surface area contributed by atoms with Gasteiger partial charge in [-0.1, -0.05) is 32.4 Å². The van der Waals surface area contributed by atoms with Crippen LogP contribution in [0.1, 0.15) is 31.9 Å². The van der Waals surface area contributed by atoms with Gasteiger partial charge in [0.05, 0.1) is 0 Å². The van der Waals surface area contributed by atoms with Crippen molar-refractivity contribution in [3.05, 3.63) is 23.8 Å². The molecule has 1 aromatic rings. The molecule has 2 aliphatic heterocycles. The summed E-state index contributed by atoms with van der Waals surface area (Å²) in [6.07, 6.45) is 1.17. The van der Waals surface area contributed by atoms with E-state index in [2.05, 4.69) is 36.2 Å². The lowest BCUT2D eigenvalue weighted by molar-refractivity contribution is 0.123. The molecular weight excluding hydrogens is 323 g/mol. The number of nitrogens with one attached hydrogen (secondary N) is 1. The van der Waals surface area contributed by atoms with E-state index in [0.717, 1.165) is 37.7 Å². The summed E-state index contributed by atoms with van der Waals surface area (Å²) in [6, 6.07) is 6.70. The van der Waals surface area contributed by atoms with Gasteiger partial charge in [0.1, 0.15) is 0 Å². The molecule has 0 saturated carbocycles. The number of para-hydroxylation sites is 1. The van der Waals surface area contributed by atoms with Crippen molar-refractivity contribution in [1.82, 2.24) is 10.2 Å². The van der Waals surface area contributed by atoms with Crippen LogP contribution in [0.25, 0.3) is 0 Å². The summed E-state index contributed by atoms with van der Waals surface area (Å²) < 4.78 is 11.3. The topological polar surface area (TPSA) is 33.7 Å². The average Bonchev–Trinajstić information content (AvgIpc) is 2.98. The molecule has 0 aliphatic carbocycles. The molecule has 22 heavy (non-hydrogen) atoms. The molecule has 0 spiro atoms. The van der Waals surface area contributed by atoms with Crippen LogP contribution in [0.3, 0.4) is 0 Å². The second-order valence-corrected chi connectivity index (χ2v) is 5.70. The zero-order valence-corrected chi connectivity index (χ0v) is 14.8. The first-order valence-electron chi connectivity index (χ1n) is 7.64. The van der Waals surface area contributed by atoms with Crippen LogP contribution in [-0.4, -0.2) is 37.9 Å². The Labute approximate surface area is 145 Å². The van der Waals surface area contributed by atoms with Crippen molar-refractivity contribution in [3.63, 3.8) is 0 Å². The van der Waals surface area contributed by atoms with Crippen molar-refractivity contribution >= 4 is 24.8 Å². The molecule has 1 N–H and O–H groups in total. The van der Waals surface area contributed by atoms with E-state index in [1.165, 1.54) is 12.0 Å². The first-order valence-corrected chi connectivity index (χ1v) is 7.64. The minimum absolute atomic E-state index is 0. The number of hydrogen-bond donors (Lipinski definition) is 1. The largest absolute Gasteiger partial charge is 0.454 e. The SMILES string of the molecule is CCC(C)[C@H](c1cccc2c1OCO2)N1CCNCC1.Cl.Cl. The minimum atomic E-state index is 0. The first kappa shape index (κ1) is 19.4. The summed E-state index contributed by atoms with van der Waals surface area (Å²) in [6.45, 7) is 9.28. The molecule has 0 amide bonds. The molecule has 2 atom stereocenters. The Kier molecular flexibility index (Phi) is 7.77. The number of benzene rings is 1. The molecule has 3 rings (SSSR count). The zero-order valence-electron chi connectivity index (χ0n) is 13.2. The number of nitrogens with zero attached hydrogens (tertiary/aromatic N) is 1. The molecule has 0 bridgehead atoms. The molecule has 2 heterocycles. The molecule has 126 valence electrons. The Balaban J connectivity index is 0.00000121. The van der Waals surface area contributed by atoms with Crippen LogP contribution >= 0.6 is 24.8 Å². The van der Waals surface area contributed by atoms with Gasteiger partial charge in [0.25, 0.3) is 0 Å². The highest BCUT2D eigenvalue weighted by Crippen LogP contribution is 2.43. The molecular formula is C16H26Cl2N2O2. The van der Waals surface area contributed by atoms with E-state index >= 15 is 0 Å². The highest BCUT2D eigenvalue weighted by molar-refractivity contribution is 5.85. The van der Waals surface area contributed by atoms with Gasteiger partial charge in [-0.05, 0) is 12.0 Å². The zero-order chi connectivity index (χ0) is 13.9. The van der Waals surface area contributed by atoms with Gasteiger partial charge in [0.15, 0.2) is 11.5 Å². The van der Waals surface area contributed by atoms with Gasteiger partial charge in [-0.25, -0.2) is 0 Å². The van der Waals surface area contributed by atoms with Gasteiger partial charge in [0, 0.05) is 37.8 Å². The monoisotopic (exact) mass is 348 g/mol. The highest BCUT2D eigenvalue weighted by Gasteiger charge is 2.31. The maximum absolute atomic E-state index is 5.73. The molecule has 2 aliphatic rings. The Morgan fingerprint density at radius 3 is 2.59 bits per heavy atom. The van der Waals surface area contributed by atoms with Crippen LogP contribution in [0.4, 0.5) is 0 Å². The molecule has 1 aromatic carbocycles. The van der Waals surface area contributed by atoms with Gasteiger partial charge in [0.2, 0.25) is 6.79 Å². The number of rotatable bonds is 4. The van der Waals surface area contributed by atoms with E-state index in [0.29, 0.717) is 18.8 Å². The molecule has 1 saturated heterocycles. The lowest BCUT2D eigenvalue weighted by Crippen LogP contribution is -2.46. The Hall–Kier alpha value is -0.680. The fourth-order valence-corrected chi connectivity index (χ4v) is 3.23. The molecule has 6 heteroatoms. The molecule has 4 nitrogen and oxygen atoms in total. The molecule has 0 radical (unpaired) electrons. The lowest BCUT2D eigenvalue weighted by atomic mass is 9.89. The van der Waals surface area contributed by atoms with Crippen molar-refractivity contribution in [2.24, 2.45) is 5.92 Å². The summed E-state index contributed by atoms with van der Waals surface area (Å²) in [5.41, 5.74) is 1.29. The second-order valence-electron chi connectivity index (χ2n) is 5.70. The summed E-state index contributed by atoms with van der Waals surface area (Å²) in [7, 11) is 0. The van der Waals surface area contributed by atoms with Crippen molar-refractivity contribution in [1.29, 1.82) is 0 Å². The van der Waals surface area contributed by atoms with E-state index in [9.17, 15) is 0 Å². The van der Waals surface area contributed by atoms with Gasteiger partial charge in [-0.15, -0.1) is 24.8 Å². The van der Waals surface area contributed by atoms with Crippen molar-refractivity contribution < 1.29 is 9.47 Å². The summed E-state index contributed by atoms with van der Waals surface area (Å²) in [5.74, 6) is 2.45. The highest BCUT2D eigenvalue weighted by atomic mass is 35.5. The summed E-state index contributed by atoms with van der Waals surface area (Å²) in [4.78, 5) is 2.59. The van der Waals surface area contributed by atoms with Crippen molar-refractivity contribution in [3.8, 4) is 11.5 Å². The molecule has 0 aromatic heterocycles. The van der Waals surface area contributed by atoms with Crippen LogP contribution in [0.15, 0.2) is 18.2 Å². The molecule has 1 unspecified atom stereocenters. The maximum atomic E-state index is 5.73. The van der Waals surface area contributed by atoms with E-state index in [1.807, 2.05) is 6.07 Å².